The van der Waals surface area contributed by atoms with Crippen molar-refractivity contribution < 1.29 is 18.7 Å². The Morgan fingerprint density at radius 1 is 1.31 bits per heavy atom. The third-order valence-corrected chi connectivity index (χ3v) is 5.27. The van der Waals surface area contributed by atoms with Crippen LogP contribution in [0.25, 0.3) is 21.8 Å². The molecule has 0 saturated carbocycles. The number of carbonyl (C=O) groups is 1. The topological polar surface area (TPSA) is 98.2 Å². The van der Waals surface area contributed by atoms with Crippen molar-refractivity contribution in [1.82, 2.24) is 9.97 Å². The van der Waals surface area contributed by atoms with E-state index in [4.69, 9.17) is 13.9 Å². The molecule has 3 heterocycles. The van der Waals surface area contributed by atoms with E-state index < -0.39 is 12.1 Å². The SMILES string of the molecule is C=CCOC(=O)C(Oc1nc(-c2nccs2)cc(-c2ccoc2)c1C#N)c1ccccc1. The molecular formula is C24H17N3O4S. The van der Waals surface area contributed by atoms with Crippen molar-refractivity contribution in [3.8, 4) is 33.8 Å². The van der Waals surface area contributed by atoms with Crippen LogP contribution in [-0.4, -0.2) is 22.5 Å². The number of esters is 1. The van der Waals surface area contributed by atoms with E-state index in [9.17, 15) is 10.1 Å². The normalized spacial score (nSPS) is 11.3. The van der Waals surface area contributed by atoms with Crippen LogP contribution in [0, 0.1) is 11.3 Å². The third-order valence-electron chi connectivity index (χ3n) is 4.47. The average molecular weight is 443 g/mol. The molecule has 4 aromatic rings. The van der Waals surface area contributed by atoms with Crippen molar-refractivity contribution in [2.75, 3.05) is 6.61 Å². The summed E-state index contributed by atoms with van der Waals surface area (Å²) in [5, 5.41) is 12.4. The number of aromatic nitrogens is 2. The van der Waals surface area contributed by atoms with Gasteiger partial charge in [0.1, 0.15) is 28.9 Å². The summed E-state index contributed by atoms with van der Waals surface area (Å²) in [7, 11) is 0. The van der Waals surface area contributed by atoms with Gasteiger partial charge in [0.2, 0.25) is 12.0 Å². The fraction of sp³-hybridized carbons (Fsp3) is 0.0833. The fourth-order valence-electron chi connectivity index (χ4n) is 3.03. The Hall–Kier alpha value is -4.22. The van der Waals surface area contributed by atoms with Crippen molar-refractivity contribution in [3.05, 3.63) is 90.3 Å². The molecule has 1 unspecified atom stereocenters. The highest BCUT2D eigenvalue weighted by atomic mass is 32.1. The first-order chi connectivity index (χ1) is 15.7. The highest BCUT2D eigenvalue weighted by Gasteiger charge is 2.28. The van der Waals surface area contributed by atoms with E-state index in [0.29, 0.717) is 27.4 Å². The number of ether oxygens (including phenoxy) is 2. The number of nitriles is 1. The first kappa shape index (κ1) is 21.0. The zero-order valence-electron chi connectivity index (χ0n) is 16.8. The summed E-state index contributed by atoms with van der Waals surface area (Å²) in [5.41, 5.74) is 2.48. The summed E-state index contributed by atoms with van der Waals surface area (Å²) in [4.78, 5) is 21.6. The maximum Gasteiger partial charge on any atom is 0.352 e. The zero-order chi connectivity index (χ0) is 22.3. The van der Waals surface area contributed by atoms with E-state index in [-0.39, 0.29) is 18.1 Å². The Kier molecular flexibility index (Phi) is 6.39. The van der Waals surface area contributed by atoms with Gasteiger partial charge in [-0.2, -0.15) is 5.26 Å². The quantitative estimate of drug-likeness (QED) is 0.273. The third kappa shape index (κ3) is 4.43. The molecule has 0 aliphatic carbocycles. The molecule has 0 bridgehead atoms. The van der Waals surface area contributed by atoms with Crippen LogP contribution in [0.1, 0.15) is 17.2 Å². The molecule has 0 fully saturated rings. The monoisotopic (exact) mass is 443 g/mol. The molecule has 7 nitrogen and oxygen atoms in total. The Bertz CT molecular complexity index is 1250. The molecule has 0 N–H and O–H groups in total. The number of hydrogen-bond donors (Lipinski definition) is 0. The Labute approximate surface area is 188 Å². The lowest BCUT2D eigenvalue weighted by atomic mass is 10.0. The zero-order valence-corrected chi connectivity index (χ0v) is 17.6. The maximum atomic E-state index is 12.8. The van der Waals surface area contributed by atoms with Gasteiger partial charge >= 0.3 is 5.97 Å². The Balaban J connectivity index is 1.84. The van der Waals surface area contributed by atoms with Crippen molar-refractivity contribution in [1.29, 1.82) is 5.26 Å². The second-order valence-electron chi connectivity index (χ2n) is 6.52. The summed E-state index contributed by atoms with van der Waals surface area (Å²) in [6.45, 7) is 3.60. The second-order valence-corrected chi connectivity index (χ2v) is 7.42. The molecule has 3 aromatic heterocycles. The molecular weight excluding hydrogens is 426 g/mol. The van der Waals surface area contributed by atoms with Crippen LogP contribution in [0.5, 0.6) is 5.88 Å². The smallest absolute Gasteiger partial charge is 0.352 e. The van der Waals surface area contributed by atoms with E-state index in [1.54, 1.807) is 42.6 Å². The van der Waals surface area contributed by atoms with Gasteiger partial charge < -0.3 is 13.9 Å². The molecule has 0 amide bonds. The Morgan fingerprint density at radius 2 is 2.16 bits per heavy atom. The van der Waals surface area contributed by atoms with Gasteiger partial charge in [-0.3, -0.25) is 0 Å². The van der Waals surface area contributed by atoms with Gasteiger partial charge in [0.05, 0.1) is 12.5 Å². The second kappa shape index (κ2) is 9.73. The van der Waals surface area contributed by atoms with Crippen LogP contribution < -0.4 is 4.74 Å². The number of rotatable bonds is 8. The van der Waals surface area contributed by atoms with Crippen LogP contribution >= 0.6 is 11.3 Å². The first-order valence-corrected chi connectivity index (χ1v) is 10.5. The highest BCUT2D eigenvalue weighted by Crippen LogP contribution is 2.36. The van der Waals surface area contributed by atoms with Gasteiger partial charge in [0, 0.05) is 28.3 Å². The predicted octanol–water partition coefficient (Wildman–Crippen LogP) is 5.19. The minimum Gasteiger partial charge on any atom is -0.472 e. The molecule has 0 saturated heterocycles. The largest absolute Gasteiger partial charge is 0.472 e. The number of nitrogens with zero attached hydrogens (tertiary/aromatic N) is 3. The lowest BCUT2D eigenvalue weighted by Gasteiger charge is -2.19. The molecule has 0 aliphatic rings. The molecule has 4 rings (SSSR count). The minimum atomic E-state index is -1.13. The van der Waals surface area contributed by atoms with E-state index in [1.165, 1.54) is 29.9 Å². The number of pyridine rings is 1. The molecule has 8 heteroatoms. The van der Waals surface area contributed by atoms with Crippen molar-refractivity contribution in [2.45, 2.75) is 6.10 Å². The predicted molar refractivity (Wildman–Crippen MR) is 119 cm³/mol. The molecule has 32 heavy (non-hydrogen) atoms. The summed E-state index contributed by atoms with van der Waals surface area (Å²) in [6.07, 6.45) is 5.05. The first-order valence-electron chi connectivity index (χ1n) is 9.58. The van der Waals surface area contributed by atoms with Gasteiger partial charge in [-0.05, 0) is 12.1 Å². The number of furan rings is 1. The summed E-state index contributed by atoms with van der Waals surface area (Å²) in [5.74, 6) is -0.618. The van der Waals surface area contributed by atoms with Gasteiger partial charge in [-0.1, -0.05) is 43.0 Å². The van der Waals surface area contributed by atoms with Gasteiger partial charge in [-0.25, -0.2) is 14.8 Å². The van der Waals surface area contributed by atoms with Crippen LogP contribution in [0.3, 0.4) is 0 Å². The average Bonchev–Trinajstić information content (AvgIpc) is 3.55. The molecule has 1 atom stereocenters. The molecule has 0 aliphatic heterocycles. The highest BCUT2D eigenvalue weighted by molar-refractivity contribution is 7.13. The summed E-state index contributed by atoms with van der Waals surface area (Å²) in [6, 6.07) is 14.5. The van der Waals surface area contributed by atoms with Crippen molar-refractivity contribution >= 4 is 17.3 Å². The van der Waals surface area contributed by atoms with Crippen LogP contribution in [-0.2, 0) is 9.53 Å². The number of benzene rings is 1. The van der Waals surface area contributed by atoms with Gasteiger partial charge in [-0.15, -0.1) is 11.3 Å². The summed E-state index contributed by atoms with van der Waals surface area (Å²) < 4.78 is 16.5. The maximum absolute atomic E-state index is 12.8. The van der Waals surface area contributed by atoms with Crippen molar-refractivity contribution in [2.24, 2.45) is 0 Å². The van der Waals surface area contributed by atoms with Gasteiger partial charge in [0.25, 0.3) is 0 Å². The lowest BCUT2D eigenvalue weighted by Crippen LogP contribution is -2.22. The van der Waals surface area contributed by atoms with Crippen LogP contribution in [0.2, 0.25) is 0 Å². The molecule has 1 aromatic carbocycles. The summed E-state index contributed by atoms with van der Waals surface area (Å²) >= 11 is 1.40. The van der Waals surface area contributed by atoms with E-state index in [2.05, 4.69) is 22.6 Å². The standard InChI is InChI=1S/C24H17N3O4S/c1-2-10-30-24(28)21(16-6-4-3-5-7-16)31-22-19(14-25)18(17-8-11-29-15-17)13-20(27-22)23-26-9-12-32-23/h2-9,11-13,15,21H,1,10H2. The number of carbonyl (C=O) groups excluding carboxylic acids is 1. The fourth-order valence-corrected chi connectivity index (χ4v) is 3.63. The molecule has 0 radical (unpaired) electrons. The van der Waals surface area contributed by atoms with E-state index in [0.717, 1.165) is 0 Å². The van der Waals surface area contributed by atoms with E-state index in [1.807, 2.05) is 11.4 Å². The van der Waals surface area contributed by atoms with Gasteiger partial charge in [0.15, 0.2) is 0 Å². The molecule has 0 spiro atoms. The number of hydrogen-bond acceptors (Lipinski definition) is 8. The van der Waals surface area contributed by atoms with E-state index >= 15 is 0 Å². The molecule has 158 valence electrons. The lowest BCUT2D eigenvalue weighted by molar-refractivity contribution is -0.151. The van der Waals surface area contributed by atoms with Crippen LogP contribution in [0.4, 0.5) is 0 Å². The number of thiazole rings is 1. The minimum absolute atomic E-state index is 0.000746. The Morgan fingerprint density at radius 3 is 2.81 bits per heavy atom. The van der Waals surface area contributed by atoms with Crippen LogP contribution in [0.15, 0.2) is 83.6 Å². The van der Waals surface area contributed by atoms with Crippen molar-refractivity contribution in [3.63, 3.8) is 0 Å².